The van der Waals surface area contributed by atoms with E-state index in [1.807, 2.05) is 0 Å². The van der Waals surface area contributed by atoms with E-state index in [-0.39, 0.29) is 102 Å². The fourth-order valence-electron chi connectivity index (χ4n) is 0. The van der Waals surface area contributed by atoms with E-state index in [4.69, 9.17) is 0 Å². The van der Waals surface area contributed by atoms with Gasteiger partial charge in [0.1, 0.15) is 0 Å². The van der Waals surface area contributed by atoms with Crippen LogP contribution in [0.25, 0.3) is 0 Å². The zero-order chi connectivity index (χ0) is 24.3. The van der Waals surface area contributed by atoms with Crippen molar-refractivity contribution in [1.29, 1.82) is 0 Å². The second-order valence-electron chi connectivity index (χ2n) is 11.5. The van der Waals surface area contributed by atoms with Crippen molar-refractivity contribution in [2.45, 2.75) is 128 Å². The Kier molecular flexibility index (Phi) is 61.7. The van der Waals surface area contributed by atoms with E-state index in [0.717, 1.165) is 23.7 Å². The van der Waals surface area contributed by atoms with Gasteiger partial charge in [-0.3, -0.25) is 0 Å². The Bertz CT molecular complexity index is 294. The van der Waals surface area contributed by atoms with Crippen LogP contribution in [0.4, 0.5) is 0 Å². The summed E-state index contributed by atoms with van der Waals surface area (Å²) >= 11 is 9.05. The molecule has 0 N–H and O–H groups in total. The smallest absolute Gasteiger partial charge is 0 e. The first-order chi connectivity index (χ1) is 11.8. The van der Waals surface area contributed by atoms with Crippen LogP contribution < -0.4 is 0 Å². The van der Waals surface area contributed by atoms with Crippen LogP contribution in [0.15, 0.2) is 0 Å². The third kappa shape index (κ3) is 57.2. The van der Waals surface area contributed by atoms with Crippen molar-refractivity contribution in [2.75, 3.05) is 0 Å². The van der Waals surface area contributed by atoms with Gasteiger partial charge < -0.3 is 0 Å². The maximum Gasteiger partial charge on any atom is 0 e. The summed E-state index contributed by atoms with van der Waals surface area (Å²) in [6, 6.07) is 0. The van der Waals surface area contributed by atoms with Crippen LogP contribution in [0, 0.1) is 23.7 Å². The first-order valence-corrected chi connectivity index (χ1v) is 15.0. The molecule has 0 saturated heterocycles. The maximum absolute atomic E-state index is 2.26. The van der Waals surface area contributed by atoms with Crippen molar-refractivity contribution in [3.05, 3.63) is 0 Å². The molecule has 0 fully saturated rings. The van der Waals surface area contributed by atoms with Crippen molar-refractivity contribution in [3.63, 3.8) is 0 Å². The van der Waals surface area contributed by atoms with Gasteiger partial charge in [-0.15, -0.1) is 0 Å². The van der Waals surface area contributed by atoms with Crippen LogP contribution in [-0.2, 0) is 0 Å². The summed E-state index contributed by atoms with van der Waals surface area (Å²) in [7, 11) is 0. The SMILES string of the molecule is CC(C)[C](C)(C)[Ge].CC(C)[C](C)(C)[Ge].CC(C)[C](C)(C)[Ge].CC(C)[C](C)(C)[Ge].[Se].[Se].[Se].[Se].[Se].[Se]. The van der Waals surface area contributed by atoms with E-state index in [1.54, 1.807) is 0 Å². The summed E-state index contributed by atoms with van der Waals surface area (Å²) in [5.74, 6) is 3.19. The van der Waals surface area contributed by atoms with Crippen LogP contribution in [0.1, 0.15) is 111 Å². The van der Waals surface area contributed by atoms with Crippen LogP contribution >= 0.6 is 0 Å². The molecule has 0 aliphatic heterocycles. The van der Waals surface area contributed by atoms with Gasteiger partial charge >= 0.3 is 217 Å². The van der Waals surface area contributed by atoms with Gasteiger partial charge in [0.05, 0.1) is 0 Å². The third-order valence-electron chi connectivity index (χ3n) is 5.77. The summed E-state index contributed by atoms with van der Waals surface area (Å²) in [4.78, 5) is 0. The molecule has 34 heavy (non-hydrogen) atoms. The van der Waals surface area contributed by atoms with Crippen molar-refractivity contribution in [2.24, 2.45) is 23.7 Å². The third-order valence-corrected chi connectivity index (χ3v) is 10.6. The Labute approximate surface area is 315 Å². The predicted molar refractivity (Wildman–Crippen MR) is 173 cm³/mol. The monoisotopic (exact) mass is 1120 g/mol. The predicted octanol–water partition coefficient (Wildman–Crippen LogP) is 5.75. The maximum atomic E-state index is 2.26. The van der Waals surface area contributed by atoms with Crippen LogP contribution in [0.5, 0.6) is 0 Å². The Hall–Kier alpha value is 5.29. The Morgan fingerprint density at radius 1 is 0.294 bits per heavy atom. The second kappa shape index (κ2) is 31.2. The first kappa shape index (κ1) is 67.1. The Morgan fingerprint density at radius 3 is 0.324 bits per heavy atom. The quantitative estimate of drug-likeness (QED) is 0.315. The normalized spacial score (nSPS) is 10.6. The Balaban J connectivity index is -0.0000000267. The molecule has 0 spiro atoms. The van der Waals surface area contributed by atoms with Crippen LogP contribution in [0.2, 0.25) is 17.0 Å². The van der Waals surface area contributed by atoms with Gasteiger partial charge in [0, 0.05) is 102 Å². The summed E-state index contributed by atoms with van der Waals surface area (Å²) in [5, 5.41) is 0. The van der Waals surface area contributed by atoms with Gasteiger partial charge in [-0.25, -0.2) is 0 Å². The van der Waals surface area contributed by atoms with Gasteiger partial charge in [-0.05, 0) is 0 Å². The molecular formula is C24H52Ge4Se6. The molecule has 0 bridgehead atoms. The van der Waals surface area contributed by atoms with Crippen molar-refractivity contribution < 1.29 is 0 Å². The molecule has 0 rings (SSSR count). The number of rotatable bonds is 4. The molecule has 0 aromatic carbocycles. The fraction of sp³-hybridized carbons (Fsp3) is 1.00. The molecule has 0 aromatic rings. The minimum absolute atomic E-state index is 0. The summed E-state index contributed by atoms with van der Waals surface area (Å²) in [5.41, 5.74) is 0. The van der Waals surface area contributed by atoms with E-state index < -0.39 is 0 Å². The molecule has 200 valence electrons. The van der Waals surface area contributed by atoms with Gasteiger partial charge in [-0.1, -0.05) is 0 Å². The zero-order valence-corrected chi connectivity index (χ0v) is 43.4. The molecule has 0 atom stereocenters. The number of hydrogen-bond acceptors (Lipinski definition) is 0. The minimum Gasteiger partial charge on any atom is 0 e. The molecule has 0 amide bonds. The molecule has 24 radical (unpaired) electrons. The molecule has 0 unspecified atom stereocenters. The molecule has 0 nitrogen and oxygen atoms in total. The van der Waals surface area contributed by atoms with E-state index in [9.17, 15) is 0 Å². The Morgan fingerprint density at radius 2 is 0.324 bits per heavy atom. The standard InChI is InChI=1S/4C6H13Ge.6Se/c4*1-5(2)6(3,4)7;;;;;;/h4*5H,1-4H3;;;;;;. The molecular weight excluding hydrogens is 1050 g/mol. The van der Waals surface area contributed by atoms with Crippen LogP contribution in [-0.4, -0.2) is 168 Å². The molecule has 0 aliphatic rings. The molecule has 0 heterocycles. The van der Waals surface area contributed by atoms with Crippen molar-refractivity contribution >= 4 is 168 Å². The fourth-order valence-corrected chi connectivity index (χ4v) is 0. The second-order valence-corrected chi connectivity index (χ2v) is 22.3. The van der Waals surface area contributed by atoms with E-state index in [2.05, 4.69) is 177 Å². The van der Waals surface area contributed by atoms with Crippen molar-refractivity contribution in [3.8, 4) is 0 Å². The molecule has 0 aliphatic carbocycles. The van der Waals surface area contributed by atoms with Crippen LogP contribution in [0.3, 0.4) is 0 Å². The minimum atomic E-state index is 0. The summed E-state index contributed by atoms with van der Waals surface area (Å²) in [6.45, 7) is 36.1. The van der Waals surface area contributed by atoms with E-state index in [0.29, 0.717) is 17.0 Å². The number of hydrogen-bond donors (Lipinski definition) is 0. The average molecular weight is 1100 g/mol. The zero-order valence-electron chi connectivity index (χ0n) is 24.8. The topological polar surface area (TPSA) is 0 Å². The van der Waals surface area contributed by atoms with E-state index >= 15 is 0 Å². The van der Waals surface area contributed by atoms with E-state index in [1.165, 1.54) is 0 Å². The molecule has 0 aromatic heterocycles. The van der Waals surface area contributed by atoms with Crippen molar-refractivity contribution in [1.82, 2.24) is 0 Å². The van der Waals surface area contributed by atoms with Gasteiger partial charge in [0.2, 0.25) is 0 Å². The summed E-state index contributed by atoms with van der Waals surface area (Å²) < 4.78 is 2.00. The molecule has 10 heteroatoms. The largest absolute Gasteiger partial charge is 0 e. The van der Waals surface area contributed by atoms with Gasteiger partial charge in [0.25, 0.3) is 0 Å². The van der Waals surface area contributed by atoms with Gasteiger partial charge in [0.15, 0.2) is 0 Å². The average Bonchev–Trinajstić information content (AvgIpc) is 2.35. The molecule has 0 saturated carbocycles. The first-order valence-electron chi connectivity index (χ1n) is 10.8. The summed E-state index contributed by atoms with van der Waals surface area (Å²) in [6.07, 6.45) is 0. The van der Waals surface area contributed by atoms with Gasteiger partial charge in [-0.2, -0.15) is 0 Å².